The minimum absolute atomic E-state index is 0. The fraction of sp³-hybridized carbons (Fsp3) is 0. The monoisotopic (exact) mass is 892 g/mol. The van der Waals surface area contributed by atoms with Crippen molar-refractivity contribution in [3.05, 3.63) is 273 Å². The summed E-state index contributed by atoms with van der Waals surface area (Å²) in [6, 6.07) is 97.5. The molecule has 0 N–H and O–H groups in total. The molecule has 0 saturated carbocycles. The molecule has 282 valence electrons. The summed E-state index contributed by atoms with van der Waals surface area (Å²) in [6.07, 6.45) is 0. The van der Waals surface area contributed by atoms with E-state index in [1.54, 1.807) is 0 Å². The molecule has 0 aliphatic carbocycles. The first-order valence-corrected chi connectivity index (χ1v) is 23.9. The van der Waals surface area contributed by atoms with Gasteiger partial charge in [-0.2, -0.15) is 0 Å². The number of rotatable bonds is 9. The van der Waals surface area contributed by atoms with E-state index in [2.05, 4.69) is 273 Å². The zero-order chi connectivity index (χ0) is 38.7. The van der Waals surface area contributed by atoms with Crippen LogP contribution in [0.4, 0.5) is 0 Å². The van der Waals surface area contributed by atoms with Crippen LogP contribution in [0.1, 0.15) is 0 Å². The van der Waals surface area contributed by atoms with Crippen LogP contribution < -0.4 is 47.7 Å². The fourth-order valence-corrected chi connectivity index (χ4v) is 14.7. The van der Waals surface area contributed by atoms with Gasteiger partial charge in [0.2, 0.25) is 0 Å². The van der Waals surface area contributed by atoms with Crippen molar-refractivity contribution in [3.63, 3.8) is 0 Å². The molecule has 0 unspecified atom stereocenters. The zero-order valence-electron chi connectivity index (χ0n) is 32.3. The summed E-state index contributed by atoms with van der Waals surface area (Å²) in [6.45, 7) is 0. The Hall–Kier alpha value is -5.11. The van der Waals surface area contributed by atoms with Crippen LogP contribution in [-0.4, -0.2) is 0 Å². The molecule has 58 heavy (non-hydrogen) atoms. The Morgan fingerprint density at radius 3 is 0.310 bits per heavy atom. The van der Waals surface area contributed by atoms with Gasteiger partial charge in [0, 0.05) is 0 Å². The largest absolute Gasteiger partial charge is 3.00 e. The average molecular weight is 893 g/mol. The van der Waals surface area contributed by atoms with E-state index in [9.17, 15) is 0 Å². The smallest absolute Gasteiger partial charge is 0.0620 e. The van der Waals surface area contributed by atoms with E-state index in [0.717, 1.165) is 0 Å². The Morgan fingerprint density at radius 1 is 0.138 bits per heavy atom. The van der Waals surface area contributed by atoms with Gasteiger partial charge in [-0.25, -0.2) is 0 Å². The van der Waals surface area contributed by atoms with Crippen molar-refractivity contribution in [2.75, 3.05) is 0 Å². The average Bonchev–Trinajstić information content (AvgIpc) is 3.30. The van der Waals surface area contributed by atoms with E-state index in [4.69, 9.17) is 0 Å². The van der Waals surface area contributed by atoms with Crippen LogP contribution in [0, 0.1) is 0 Å². The molecule has 9 rings (SSSR count). The quantitative estimate of drug-likeness (QED) is 0.100. The summed E-state index contributed by atoms with van der Waals surface area (Å²) in [5, 5.41) is 12.9. The van der Waals surface area contributed by atoms with Crippen molar-refractivity contribution in [2.24, 2.45) is 0 Å². The summed E-state index contributed by atoms with van der Waals surface area (Å²) in [5.41, 5.74) is 0. The van der Waals surface area contributed by atoms with E-state index in [1.807, 2.05) is 0 Å². The minimum atomic E-state index is -0.877. The molecule has 0 bridgehead atoms. The van der Waals surface area contributed by atoms with Gasteiger partial charge in [-0.3, -0.25) is 0 Å². The Labute approximate surface area is 361 Å². The van der Waals surface area contributed by atoms with Crippen LogP contribution in [0.5, 0.6) is 0 Å². The van der Waals surface area contributed by atoms with Crippen LogP contribution in [-0.2, 0) is 19.5 Å². The van der Waals surface area contributed by atoms with E-state index in [1.165, 1.54) is 47.7 Å². The van der Waals surface area contributed by atoms with Gasteiger partial charge in [0.05, 0.1) is 23.8 Å². The molecule has 0 aromatic heterocycles. The third-order valence-electron chi connectivity index (χ3n) is 9.56. The predicted octanol–water partition coefficient (Wildman–Crippen LogP) is 9.53. The second-order valence-electron chi connectivity index (χ2n) is 13.4. The third kappa shape index (κ3) is 12.0. The van der Waals surface area contributed by atoms with E-state index in [0.29, 0.717) is 0 Å². The number of hydrogen-bond acceptors (Lipinski definition) is 0. The topological polar surface area (TPSA) is 0 Å². The Morgan fingerprint density at radius 2 is 0.224 bits per heavy atom. The molecule has 0 nitrogen and oxygen atoms in total. The van der Waals surface area contributed by atoms with Gasteiger partial charge in [0.15, 0.2) is 0 Å². The van der Waals surface area contributed by atoms with Crippen molar-refractivity contribution in [1.29, 1.82) is 0 Å². The first-order valence-electron chi connectivity index (χ1n) is 19.4. The van der Waals surface area contributed by atoms with Crippen LogP contribution in [0.3, 0.4) is 0 Å². The maximum Gasteiger partial charge on any atom is 3.00 e. The van der Waals surface area contributed by atoms with Crippen molar-refractivity contribution < 1.29 is 19.5 Å². The summed E-state index contributed by atoms with van der Waals surface area (Å²) in [7, 11) is -2.63. The van der Waals surface area contributed by atoms with E-state index in [-0.39, 0.29) is 19.5 Å². The maximum absolute atomic E-state index is 2.24. The minimum Gasteiger partial charge on any atom is -0.0620 e. The molecule has 9 aromatic rings. The standard InChI is InChI=1S/3C18H15P.Rh/c3*1-4-10-16(11-5-1)19(17-12-6-2-7-13-17)18-14-8-3-9-15-18;/h3*1-15H;/q;;;+3/p+3. The predicted molar refractivity (Wildman–Crippen MR) is 260 cm³/mol. The van der Waals surface area contributed by atoms with E-state index < -0.39 is 23.8 Å². The molecule has 0 aliphatic rings. The molecule has 0 radical (unpaired) electrons. The molecular formula is C54H48P3Rh+6. The van der Waals surface area contributed by atoms with Gasteiger partial charge in [-0.15, -0.1) is 0 Å². The molecule has 4 heteroatoms. The van der Waals surface area contributed by atoms with Crippen LogP contribution in [0.2, 0.25) is 0 Å². The zero-order valence-corrected chi connectivity index (χ0v) is 37.0. The van der Waals surface area contributed by atoms with Gasteiger partial charge in [-0.1, -0.05) is 164 Å². The van der Waals surface area contributed by atoms with Crippen LogP contribution >= 0.6 is 23.8 Å². The second kappa shape index (κ2) is 23.3. The van der Waals surface area contributed by atoms with Crippen LogP contribution in [0.25, 0.3) is 0 Å². The van der Waals surface area contributed by atoms with Crippen molar-refractivity contribution in [2.45, 2.75) is 0 Å². The first kappa shape index (κ1) is 42.5. The fourth-order valence-electron chi connectivity index (χ4n) is 6.94. The van der Waals surface area contributed by atoms with Gasteiger partial charge in [0.25, 0.3) is 0 Å². The molecule has 0 saturated heterocycles. The number of hydrogen-bond donors (Lipinski definition) is 0. The van der Waals surface area contributed by atoms with Gasteiger partial charge in [0.1, 0.15) is 47.7 Å². The van der Waals surface area contributed by atoms with Crippen molar-refractivity contribution >= 4 is 71.5 Å². The maximum atomic E-state index is 2.24. The van der Waals surface area contributed by atoms with Gasteiger partial charge in [-0.05, 0) is 109 Å². The SMILES string of the molecule is [Rh+3].c1ccc([PH+](c2ccccc2)c2ccccc2)cc1.c1ccc([PH+](c2ccccc2)c2ccccc2)cc1.c1ccc([PH+](c2ccccc2)c2ccccc2)cc1. The summed E-state index contributed by atoms with van der Waals surface area (Å²) in [5.74, 6) is 0. The van der Waals surface area contributed by atoms with Crippen molar-refractivity contribution in [1.82, 2.24) is 0 Å². The summed E-state index contributed by atoms with van der Waals surface area (Å²) in [4.78, 5) is 0. The third-order valence-corrected chi connectivity index (χ3v) is 17.8. The molecule has 0 aliphatic heterocycles. The molecule has 9 aromatic carbocycles. The van der Waals surface area contributed by atoms with E-state index >= 15 is 0 Å². The van der Waals surface area contributed by atoms with Crippen LogP contribution in [0.15, 0.2) is 273 Å². The normalized spacial score (nSPS) is 10.4. The molecule has 0 atom stereocenters. The Balaban J connectivity index is 0.000000145. The molecule has 0 amide bonds. The molecular weight excluding hydrogens is 844 g/mol. The van der Waals surface area contributed by atoms with Crippen molar-refractivity contribution in [3.8, 4) is 0 Å². The Bertz CT molecular complexity index is 1860. The summed E-state index contributed by atoms with van der Waals surface area (Å²) >= 11 is 0. The first-order chi connectivity index (χ1) is 28.3. The second-order valence-corrected chi connectivity index (χ2v) is 20.9. The van der Waals surface area contributed by atoms with Gasteiger partial charge < -0.3 is 0 Å². The molecule has 0 fully saturated rings. The Kier molecular flexibility index (Phi) is 17.1. The molecule has 0 heterocycles. The summed E-state index contributed by atoms with van der Waals surface area (Å²) < 4.78 is 0. The molecule has 0 spiro atoms. The number of benzene rings is 9. The van der Waals surface area contributed by atoms with Gasteiger partial charge >= 0.3 is 19.5 Å².